The summed E-state index contributed by atoms with van der Waals surface area (Å²) in [6, 6.07) is 20.9. The van der Waals surface area contributed by atoms with Crippen molar-refractivity contribution in [1.82, 2.24) is 4.90 Å². The first kappa shape index (κ1) is 31.5. The van der Waals surface area contributed by atoms with Crippen molar-refractivity contribution >= 4 is 35.4 Å². The summed E-state index contributed by atoms with van der Waals surface area (Å²) in [6.45, 7) is 10.1. The zero-order chi connectivity index (χ0) is 29.4. The van der Waals surface area contributed by atoms with Crippen molar-refractivity contribution in [3.8, 4) is 11.1 Å². The number of carbonyl (C=O) groups is 2. The van der Waals surface area contributed by atoms with Gasteiger partial charge in [-0.05, 0) is 73.7 Å². The summed E-state index contributed by atoms with van der Waals surface area (Å²) >= 11 is 7.72. The van der Waals surface area contributed by atoms with Crippen LogP contribution < -0.4 is 0 Å². The third-order valence-electron chi connectivity index (χ3n) is 5.99. The number of rotatable bonds is 10. The Bertz CT molecular complexity index is 1300. The van der Waals surface area contributed by atoms with Crippen LogP contribution in [0.4, 0.5) is 4.79 Å². The second-order valence-corrected chi connectivity index (χ2v) is 12.9. The number of aliphatic hydroxyl groups excluding tert-OH is 1. The van der Waals surface area contributed by atoms with Gasteiger partial charge in [0.15, 0.2) is 0 Å². The molecular weight excluding hydrogens is 546 g/mol. The Morgan fingerprint density at radius 3 is 2.27 bits per heavy atom. The minimum absolute atomic E-state index is 0.0795. The Kier molecular flexibility index (Phi) is 11.1. The zero-order valence-electron chi connectivity index (χ0n) is 23.9. The lowest BCUT2D eigenvalue weighted by atomic mass is 10.0. The van der Waals surface area contributed by atoms with E-state index in [1.807, 2.05) is 63.2 Å². The highest BCUT2D eigenvalue weighted by molar-refractivity contribution is 8.00. The predicted molar refractivity (Wildman–Crippen MR) is 162 cm³/mol. The normalized spacial score (nSPS) is 12.2. The molecule has 40 heavy (non-hydrogen) atoms. The van der Waals surface area contributed by atoms with Crippen LogP contribution in [0.2, 0.25) is 5.02 Å². The van der Waals surface area contributed by atoms with Crippen molar-refractivity contribution in [3.63, 3.8) is 0 Å². The van der Waals surface area contributed by atoms with E-state index in [2.05, 4.69) is 13.8 Å². The molecule has 0 aliphatic carbocycles. The van der Waals surface area contributed by atoms with Gasteiger partial charge in [0.05, 0.1) is 25.3 Å². The Morgan fingerprint density at radius 1 is 1.00 bits per heavy atom. The molecule has 1 atom stereocenters. The van der Waals surface area contributed by atoms with Gasteiger partial charge in [-0.2, -0.15) is 0 Å². The van der Waals surface area contributed by atoms with Gasteiger partial charge in [0, 0.05) is 21.7 Å². The molecule has 0 aliphatic rings. The van der Waals surface area contributed by atoms with E-state index >= 15 is 0 Å². The number of ether oxygens (including phenoxy) is 2. The number of carbonyl (C=O) groups excluding carboxylic acids is 2. The van der Waals surface area contributed by atoms with Crippen molar-refractivity contribution in [2.24, 2.45) is 0 Å². The van der Waals surface area contributed by atoms with Gasteiger partial charge < -0.3 is 19.5 Å². The van der Waals surface area contributed by atoms with Crippen LogP contribution in [0.1, 0.15) is 62.2 Å². The molecule has 8 heteroatoms. The van der Waals surface area contributed by atoms with Gasteiger partial charge in [-0.25, -0.2) is 9.59 Å². The van der Waals surface area contributed by atoms with Gasteiger partial charge in [-0.1, -0.05) is 67.9 Å². The van der Waals surface area contributed by atoms with E-state index in [0.717, 1.165) is 21.6 Å². The molecule has 0 heterocycles. The molecule has 0 saturated heterocycles. The van der Waals surface area contributed by atoms with Crippen LogP contribution in [0, 0.1) is 0 Å². The molecule has 1 N–H and O–H groups in total. The fraction of sp³-hybridized carbons (Fsp3) is 0.375. The first-order valence-corrected chi connectivity index (χ1v) is 14.5. The predicted octanol–water partition coefficient (Wildman–Crippen LogP) is 7.81. The summed E-state index contributed by atoms with van der Waals surface area (Å²) in [6.07, 6.45) is -0.803. The second kappa shape index (κ2) is 14.1. The summed E-state index contributed by atoms with van der Waals surface area (Å²) in [7, 11) is 1.39. The first-order valence-electron chi connectivity index (χ1n) is 13.3. The van der Waals surface area contributed by atoms with Crippen molar-refractivity contribution < 1.29 is 24.2 Å². The van der Waals surface area contributed by atoms with Crippen LogP contribution >= 0.6 is 23.4 Å². The summed E-state index contributed by atoms with van der Waals surface area (Å²) in [5, 5.41) is 11.7. The number of hydrogen-bond acceptors (Lipinski definition) is 6. The molecule has 0 bridgehead atoms. The number of amides is 1. The molecule has 0 fully saturated rings. The number of methoxy groups -OCH3 is 1. The van der Waals surface area contributed by atoms with E-state index in [0.29, 0.717) is 34.4 Å². The third-order valence-corrected chi connectivity index (χ3v) is 7.28. The first-order chi connectivity index (χ1) is 18.9. The number of esters is 1. The molecule has 0 radical (unpaired) electrons. The zero-order valence-corrected chi connectivity index (χ0v) is 25.5. The molecule has 3 rings (SSSR count). The molecule has 0 spiro atoms. The topological polar surface area (TPSA) is 76.1 Å². The Balaban J connectivity index is 1.76. The molecule has 6 nitrogen and oxygen atoms in total. The van der Waals surface area contributed by atoms with Crippen LogP contribution in [0.25, 0.3) is 11.1 Å². The van der Waals surface area contributed by atoms with Crippen LogP contribution in [0.15, 0.2) is 71.6 Å². The minimum atomic E-state index is -0.903. The van der Waals surface area contributed by atoms with Gasteiger partial charge in [0.25, 0.3) is 0 Å². The fourth-order valence-corrected chi connectivity index (χ4v) is 5.25. The molecule has 3 aromatic carbocycles. The molecule has 0 aromatic heterocycles. The molecule has 1 amide bonds. The van der Waals surface area contributed by atoms with Crippen molar-refractivity contribution in [3.05, 3.63) is 88.4 Å². The highest BCUT2D eigenvalue weighted by Gasteiger charge is 2.25. The van der Waals surface area contributed by atoms with Crippen LogP contribution in [-0.4, -0.2) is 53.1 Å². The van der Waals surface area contributed by atoms with E-state index in [9.17, 15) is 14.7 Å². The average Bonchev–Trinajstić information content (AvgIpc) is 2.89. The highest BCUT2D eigenvalue weighted by Crippen LogP contribution is 2.32. The lowest BCUT2D eigenvalue weighted by Gasteiger charge is -2.29. The minimum Gasteiger partial charge on any atom is -0.465 e. The molecule has 0 unspecified atom stereocenters. The molecule has 214 valence electrons. The number of halogens is 1. The SMILES string of the molecule is COC(=O)c1ccc(-c2ccc(CCN(C[C@@H](O)c3cccc(Cl)c3)C(=O)OC(C)(C)C)cc2)cc1SC(C)C. The van der Waals surface area contributed by atoms with E-state index in [-0.39, 0.29) is 12.5 Å². The molecule has 0 aliphatic heterocycles. The van der Waals surface area contributed by atoms with Crippen molar-refractivity contribution in [2.45, 2.75) is 62.9 Å². The van der Waals surface area contributed by atoms with Gasteiger partial charge in [0.2, 0.25) is 0 Å². The smallest absolute Gasteiger partial charge is 0.410 e. The second-order valence-electron chi connectivity index (χ2n) is 10.8. The van der Waals surface area contributed by atoms with E-state index < -0.39 is 17.8 Å². The number of thioether (sulfide) groups is 1. The summed E-state index contributed by atoms with van der Waals surface area (Å²) in [5.74, 6) is -0.347. The summed E-state index contributed by atoms with van der Waals surface area (Å²) < 4.78 is 10.6. The largest absolute Gasteiger partial charge is 0.465 e. The maximum absolute atomic E-state index is 13.0. The average molecular weight is 584 g/mol. The van der Waals surface area contributed by atoms with Gasteiger partial charge in [-0.3, -0.25) is 0 Å². The third kappa shape index (κ3) is 9.29. The molecular formula is C32H38ClNO5S. The highest BCUT2D eigenvalue weighted by atomic mass is 35.5. The standard InChI is InChI=1S/C32H38ClNO5S/c1-21(2)40-29-19-24(14-15-27(29)30(36)38-6)23-12-10-22(11-13-23)16-17-34(31(37)39-32(3,4)5)20-28(35)25-8-7-9-26(33)18-25/h7-15,18-19,21,28,35H,16-17,20H2,1-6H3/t28-/m1/s1. The van der Waals surface area contributed by atoms with Gasteiger partial charge in [0.1, 0.15) is 5.60 Å². The van der Waals surface area contributed by atoms with Crippen LogP contribution in [-0.2, 0) is 15.9 Å². The van der Waals surface area contributed by atoms with E-state index in [1.165, 1.54) is 12.0 Å². The van der Waals surface area contributed by atoms with E-state index in [4.69, 9.17) is 21.1 Å². The molecule has 0 saturated carbocycles. The number of aliphatic hydroxyl groups is 1. The van der Waals surface area contributed by atoms with Crippen molar-refractivity contribution in [1.29, 1.82) is 0 Å². The fourth-order valence-electron chi connectivity index (χ4n) is 4.07. The van der Waals surface area contributed by atoms with Gasteiger partial charge in [-0.15, -0.1) is 11.8 Å². The number of hydrogen-bond donors (Lipinski definition) is 1. The van der Waals surface area contributed by atoms with Gasteiger partial charge >= 0.3 is 12.1 Å². The van der Waals surface area contributed by atoms with Crippen LogP contribution in [0.5, 0.6) is 0 Å². The summed E-state index contributed by atoms with van der Waals surface area (Å²) in [4.78, 5) is 27.6. The lowest BCUT2D eigenvalue weighted by Crippen LogP contribution is -2.40. The molecule has 3 aromatic rings. The quantitative estimate of drug-likeness (QED) is 0.194. The summed E-state index contributed by atoms with van der Waals surface area (Å²) in [5.41, 5.74) is 3.60. The monoisotopic (exact) mass is 583 g/mol. The lowest BCUT2D eigenvalue weighted by molar-refractivity contribution is 0.0147. The Hall–Kier alpha value is -3.00. The van der Waals surface area contributed by atoms with Crippen LogP contribution in [0.3, 0.4) is 0 Å². The Morgan fingerprint density at radius 2 is 1.68 bits per heavy atom. The van der Waals surface area contributed by atoms with E-state index in [1.54, 1.807) is 36.0 Å². The Labute approximate surface area is 246 Å². The number of benzene rings is 3. The number of nitrogens with zero attached hydrogens (tertiary/aromatic N) is 1. The van der Waals surface area contributed by atoms with Crippen molar-refractivity contribution in [2.75, 3.05) is 20.2 Å². The maximum Gasteiger partial charge on any atom is 0.410 e. The maximum atomic E-state index is 13.0.